The summed E-state index contributed by atoms with van der Waals surface area (Å²) >= 11 is 0. The third-order valence-corrected chi connectivity index (χ3v) is 3.75. The molecule has 2 heterocycles. The van der Waals surface area contributed by atoms with Gasteiger partial charge in [0.25, 0.3) is 0 Å². The Morgan fingerprint density at radius 1 is 1.32 bits per heavy atom. The molecule has 100 valence electrons. The standard InChI is InChI=1S/C14H18N4O/c1-17-5-7-18(8-6-17)10-14(19)11-3-2-4-13-12(11)9-15-16-13/h2-4,9H,5-8,10H2,1H3,(H,15,16). The molecular weight excluding hydrogens is 240 g/mol. The van der Waals surface area contributed by atoms with Gasteiger partial charge in [-0.1, -0.05) is 12.1 Å². The lowest BCUT2D eigenvalue weighted by molar-refractivity contribution is 0.0878. The van der Waals surface area contributed by atoms with E-state index < -0.39 is 0 Å². The molecule has 2 aromatic rings. The molecule has 0 amide bonds. The lowest BCUT2D eigenvalue weighted by Crippen LogP contribution is -2.46. The summed E-state index contributed by atoms with van der Waals surface area (Å²) in [6.07, 6.45) is 1.73. The topological polar surface area (TPSA) is 52.2 Å². The summed E-state index contributed by atoms with van der Waals surface area (Å²) in [5.41, 5.74) is 1.69. The minimum absolute atomic E-state index is 0.177. The van der Waals surface area contributed by atoms with Crippen molar-refractivity contribution in [2.45, 2.75) is 0 Å². The Balaban J connectivity index is 1.75. The molecule has 1 saturated heterocycles. The van der Waals surface area contributed by atoms with Crippen LogP contribution in [0.15, 0.2) is 24.4 Å². The van der Waals surface area contributed by atoms with Crippen LogP contribution in [-0.4, -0.2) is 65.6 Å². The number of aromatic nitrogens is 2. The molecule has 5 heteroatoms. The number of Topliss-reactive ketones (excluding diaryl/α,β-unsaturated/α-hetero) is 1. The molecule has 0 saturated carbocycles. The Morgan fingerprint density at radius 3 is 2.89 bits per heavy atom. The maximum absolute atomic E-state index is 12.4. The van der Waals surface area contributed by atoms with E-state index in [0.29, 0.717) is 6.54 Å². The summed E-state index contributed by atoms with van der Waals surface area (Å²) in [5.74, 6) is 0.177. The fourth-order valence-electron chi connectivity index (χ4n) is 2.51. The number of nitrogens with zero attached hydrogens (tertiary/aromatic N) is 3. The van der Waals surface area contributed by atoms with E-state index in [1.807, 2.05) is 18.2 Å². The van der Waals surface area contributed by atoms with E-state index in [-0.39, 0.29) is 5.78 Å². The highest BCUT2D eigenvalue weighted by molar-refractivity contribution is 6.08. The average Bonchev–Trinajstić information content (AvgIpc) is 2.89. The summed E-state index contributed by atoms with van der Waals surface area (Å²) in [6.45, 7) is 4.48. The van der Waals surface area contributed by atoms with Gasteiger partial charge in [-0.3, -0.25) is 14.8 Å². The number of fused-ring (bicyclic) bond motifs is 1. The first-order valence-corrected chi connectivity index (χ1v) is 6.60. The number of carbonyl (C=O) groups excluding carboxylic acids is 1. The lowest BCUT2D eigenvalue weighted by Gasteiger charge is -2.31. The molecule has 1 aromatic carbocycles. The third-order valence-electron chi connectivity index (χ3n) is 3.75. The number of ketones is 1. The first-order chi connectivity index (χ1) is 9.24. The van der Waals surface area contributed by atoms with Crippen LogP contribution in [0.2, 0.25) is 0 Å². The molecule has 1 aromatic heterocycles. The molecule has 0 atom stereocenters. The Hall–Kier alpha value is -1.72. The van der Waals surface area contributed by atoms with Crippen molar-refractivity contribution in [3.05, 3.63) is 30.0 Å². The molecule has 0 bridgehead atoms. The van der Waals surface area contributed by atoms with Crippen molar-refractivity contribution in [1.29, 1.82) is 0 Å². The predicted molar refractivity (Wildman–Crippen MR) is 74.4 cm³/mol. The fraction of sp³-hybridized carbons (Fsp3) is 0.429. The monoisotopic (exact) mass is 258 g/mol. The smallest absolute Gasteiger partial charge is 0.177 e. The van der Waals surface area contributed by atoms with E-state index >= 15 is 0 Å². The van der Waals surface area contributed by atoms with Gasteiger partial charge in [-0.15, -0.1) is 0 Å². The van der Waals surface area contributed by atoms with Gasteiger partial charge >= 0.3 is 0 Å². The number of benzene rings is 1. The quantitative estimate of drug-likeness (QED) is 0.834. The molecule has 0 radical (unpaired) electrons. The van der Waals surface area contributed by atoms with Crippen molar-refractivity contribution in [1.82, 2.24) is 20.0 Å². The van der Waals surface area contributed by atoms with Crippen LogP contribution in [0, 0.1) is 0 Å². The molecule has 0 unspecified atom stereocenters. The van der Waals surface area contributed by atoms with Gasteiger partial charge in [0.05, 0.1) is 18.3 Å². The SMILES string of the molecule is CN1CCN(CC(=O)c2cccc3[nH]ncc23)CC1. The van der Waals surface area contributed by atoms with Crippen molar-refractivity contribution in [3.8, 4) is 0 Å². The Morgan fingerprint density at radius 2 is 2.11 bits per heavy atom. The van der Waals surface area contributed by atoms with Crippen LogP contribution in [-0.2, 0) is 0 Å². The van der Waals surface area contributed by atoms with E-state index in [0.717, 1.165) is 42.6 Å². The number of nitrogens with one attached hydrogen (secondary N) is 1. The van der Waals surface area contributed by atoms with Gasteiger partial charge < -0.3 is 4.90 Å². The van der Waals surface area contributed by atoms with Gasteiger partial charge in [0.1, 0.15) is 0 Å². The van der Waals surface area contributed by atoms with Crippen LogP contribution in [0.25, 0.3) is 10.9 Å². The van der Waals surface area contributed by atoms with Crippen molar-refractivity contribution < 1.29 is 4.79 Å². The minimum Gasteiger partial charge on any atom is -0.304 e. The molecule has 1 N–H and O–H groups in total. The summed E-state index contributed by atoms with van der Waals surface area (Å²) in [6, 6.07) is 5.73. The Kier molecular flexibility index (Phi) is 3.31. The molecule has 0 spiro atoms. The second-order valence-electron chi connectivity index (χ2n) is 5.14. The summed E-state index contributed by atoms with van der Waals surface area (Å²) < 4.78 is 0. The summed E-state index contributed by atoms with van der Waals surface area (Å²) in [4.78, 5) is 16.9. The van der Waals surface area contributed by atoms with E-state index in [1.165, 1.54) is 0 Å². The summed E-state index contributed by atoms with van der Waals surface area (Å²) in [7, 11) is 2.12. The molecule has 19 heavy (non-hydrogen) atoms. The van der Waals surface area contributed by atoms with Crippen LogP contribution in [0.5, 0.6) is 0 Å². The van der Waals surface area contributed by atoms with Crippen LogP contribution >= 0.6 is 0 Å². The number of hydrogen-bond donors (Lipinski definition) is 1. The maximum Gasteiger partial charge on any atom is 0.177 e. The first kappa shape index (κ1) is 12.3. The number of likely N-dealkylation sites (N-methyl/N-ethyl adjacent to an activating group) is 1. The van der Waals surface area contributed by atoms with E-state index in [9.17, 15) is 4.79 Å². The van der Waals surface area contributed by atoms with Gasteiger partial charge in [-0.2, -0.15) is 5.10 Å². The molecule has 3 rings (SSSR count). The number of piperazine rings is 1. The normalized spacial score (nSPS) is 17.9. The van der Waals surface area contributed by atoms with Gasteiger partial charge in [0.15, 0.2) is 5.78 Å². The highest BCUT2D eigenvalue weighted by atomic mass is 16.1. The number of carbonyl (C=O) groups is 1. The van der Waals surface area contributed by atoms with Crippen molar-refractivity contribution in [3.63, 3.8) is 0 Å². The number of H-pyrrole nitrogens is 1. The predicted octanol–water partition coefficient (Wildman–Crippen LogP) is 0.993. The Labute approximate surface area is 112 Å². The highest BCUT2D eigenvalue weighted by Crippen LogP contribution is 2.17. The van der Waals surface area contributed by atoms with Gasteiger partial charge in [0.2, 0.25) is 0 Å². The number of hydrogen-bond acceptors (Lipinski definition) is 4. The van der Waals surface area contributed by atoms with Gasteiger partial charge in [-0.25, -0.2) is 0 Å². The number of aromatic amines is 1. The second-order valence-corrected chi connectivity index (χ2v) is 5.14. The first-order valence-electron chi connectivity index (χ1n) is 6.60. The van der Waals surface area contributed by atoms with Crippen LogP contribution in [0.3, 0.4) is 0 Å². The Bertz CT molecular complexity index is 584. The van der Waals surface area contributed by atoms with Crippen molar-refractivity contribution in [2.75, 3.05) is 39.8 Å². The third kappa shape index (κ3) is 2.52. The van der Waals surface area contributed by atoms with Crippen LogP contribution in [0.1, 0.15) is 10.4 Å². The molecule has 1 aliphatic heterocycles. The highest BCUT2D eigenvalue weighted by Gasteiger charge is 2.18. The number of rotatable bonds is 3. The van der Waals surface area contributed by atoms with E-state index in [2.05, 4.69) is 27.0 Å². The zero-order valence-electron chi connectivity index (χ0n) is 11.1. The van der Waals surface area contributed by atoms with Gasteiger partial charge in [-0.05, 0) is 13.1 Å². The molecule has 5 nitrogen and oxygen atoms in total. The average molecular weight is 258 g/mol. The molecule has 1 fully saturated rings. The van der Waals surface area contributed by atoms with Crippen LogP contribution < -0.4 is 0 Å². The molecule has 1 aliphatic rings. The zero-order valence-corrected chi connectivity index (χ0v) is 11.1. The largest absolute Gasteiger partial charge is 0.304 e. The van der Waals surface area contributed by atoms with Crippen molar-refractivity contribution in [2.24, 2.45) is 0 Å². The lowest BCUT2D eigenvalue weighted by atomic mass is 10.1. The minimum atomic E-state index is 0.177. The van der Waals surface area contributed by atoms with Crippen molar-refractivity contribution >= 4 is 16.7 Å². The van der Waals surface area contributed by atoms with Gasteiger partial charge in [0, 0.05) is 37.1 Å². The molecule has 0 aliphatic carbocycles. The summed E-state index contributed by atoms with van der Waals surface area (Å²) in [5, 5.41) is 7.82. The van der Waals surface area contributed by atoms with E-state index in [1.54, 1.807) is 6.20 Å². The molecular formula is C14H18N4O. The zero-order chi connectivity index (χ0) is 13.2. The van der Waals surface area contributed by atoms with E-state index in [4.69, 9.17) is 0 Å². The second kappa shape index (κ2) is 5.11. The van der Waals surface area contributed by atoms with Crippen LogP contribution in [0.4, 0.5) is 0 Å². The fourth-order valence-corrected chi connectivity index (χ4v) is 2.51. The maximum atomic E-state index is 12.4.